The van der Waals surface area contributed by atoms with Crippen LogP contribution in [0.15, 0.2) is 29.8 Å². The molecule has 0 saturated carbocycles. The van der Waals surface area contributed by atoms with Gasteiger partial charge in [0.1, 0.15) is 0 Å². The molecule has 0 spiro atoms. The van der Waals surface area contributed by atoms with E-state index in [4.69, 9.17) is 5.73 Å². The van der Waals surface area contributed by atoms with E-state index in [9.17, 15) is 4.79 Å². The van der Waals surface area contributed by atoms with Crippen LogP contribution in [0.5, 0.6) is 0 Å². The van der Waals surface area contributed by atoms with Gasteiger partial charge < -0.3 is 11.1 Å². The number of hydrogen-bond acceptors (Lipinski definition) is 5. The van der Waals surface area contributed by atoms with Crippen molar-refractivity contribution in [3.05, 3.63) is 34.8 Å². The molecule has 0 aliphatic rings. The molecule has 0 aliphatic carbocycles. The number of nitrogens with two attached hydrogens (primary N) is 1. The van der Waals surface area contributed by atoms with Gasteiger partial charge in [-0.3, -0.25) is 9.78 Å². The second-order valence-corrected chi connectivity index (χ2v) is 6.09. The molecule has 2 heterocycles. The predicted octanol–water partition coefficient (Wildman–Crippen LogP) is 1.85. The van der Waals surface area contributed by atoms with Crippen molar-refractivity contribution in [2.75, 3.05) is 6.54 Å². The fourth-order valence-electron chi connectivity index (χ4n) is 1.77. The zero-order chi connectivity index (χ0) is 15.2. The number of pyridine rings is 1. The summed E-state index contributed by atoms with van der Waals surface area (Å²) in [5, 5.41) is 5.81. The molecule has 0 unspecified atom stereocenters. The van der Waals surface area contributed by atoms with E-state index >= 15 is 0 Å². The molecule has 0 radical (unpaired) electrons. The van der Waals surface area contributed by atoms with Gasteiger partial charge in [-0.25, -0.2) is 4.98 Å². The summed E-state index contributed by atoms with van der Waals surface area (Å²) in [6, 6.07) is 5.30. The number of aromatic nitrogens is 2. The predicted molar refractivity (Wildman–Crippen MR) is 84.9 cm³/mol. The Morgan fingerprint density at radius 3 is 2.86 bits per heavy atom. The number of amides is 1. The Morgan fingerprint density at radius 2 is 2.19 bits per heavy atom. The van der Waals surface area contributed by atoms with Crippen molar-refractivity contribution in [3.63, 3.8) is 0 Å². The topological polar surface area (TPSA) is 80.9 Å². The first-order chi connectivity index (χ1) is 10.1. The molecule has 0 saturated heterocycles. The highest BCUT2D eigenvalue weighted by molar-refractivity contribution is 7.09. The maximum atomic E-state index is 11.7. The lowest BCUT2D eigenvalue weighted by Crippen LogP contribution is -2.44. The zero-order valence-corrected chi connectivity index (χ0v) is 13.1. The third-order valence-corrected chi connectivity index (χ3v) is 4.05. The fourth-order valence-corrected chi connectivity index (χ4v) is 2.56. The summed E-state index contributed by atoms with van der Waals surface area (Å²) in [4.78, 5) is 20.5. The normalized spacial score (nSPS) is 12.4. The van der Waals surface area contributed by atoms with Crippen LogP contribution in [0.2, 0.25) is 0 Å². The summed E-state index contributed by atoms with van der Waals surface area (Å²) in [5.41, 5.74) is 7.53. The van der Waals surface area contributed by atoms with Gasteiger partial charge in [-0.1, -0.05) is 19.9 Å². The first-order valence-electron chi connectivity index (χ1n) is 6.97. The minimum Gasteiger partial charge on any atom is -0.354 e. The largest absolute Gasteiger partial charge is 0.354 e. The molecule has 2 aromatic rings. The Labute approximate surface area is 128 Å². The lowest BCUT2D eigenvalue weighted by atomic mass is 10.1. The highest BCUT2D eigenvalue weighted by Gasteiger charge is 2.16. The van der Waals surface area contributed by atoms with Gasteiger partial charge in [-0.05, 0) is 18.1 Å². The molecule has 0 bridgehead atoms. The van der Waals surface area contributed by atoms with E-state index in [2.05, 4.69) is 15.3 Å². The van der Waals surface area contributed by atoms with Crippen LogP contribution in [0.4, 0.5) is 0 Å². The summed E-state index contributed by atoms with van der Waals surface area (Å²) in [7, 11) is 0. The summed E-state index contributed by atoms with van der Waals surface area (Å²) in [6.45, 7) is 4.42. The van der Waals surface area contributed by atoms with E-state index in [1.165, 1.54) is 0 Å². The Hall–Kier alpha value is -1.79. The number of hydrogen-bond donors (Lipinski definition) is 2. The van der Waals surface area contributed by atoms with Crippen LogP contribution in [0.1, 0.15) is 18.9 Å². The molecule has 6 heteroatoms. The lowest BCUT2D eigenvalue weighted by molar-refractivity contribution is -0.123. The van der Waals surface area contributed by atoms with E-state index < -0.39 is 6.04 Å². The Morgan fingerprint density at radius 1 is 1.38 bits per heavy atom. The van der Waals surface area contributed by atoms with Crippen molar-refractivity contribution in [2.24, 2.45) is 11.7 Å². The molecule has 2 rings (SSSR count). The number of carbonyl (C=O) groups is 1. The molecule has 1 atom stereocenters. The van der Waals surface area contributed by atoms with Gasteiger partial charge in [0.25, 0.3) is 0 Å². The second-order valence-electron chi connectivity index (χ2n) is 5.15. The molecule has 0 aliphatic heterocycles. The van der Waals surface area contributed by atoms with Crippen LogP contribution in [-0.4, -0.2) is 28.5 Å². The number of thiazole rings is 1. The minimum atomic E-state index is -0.453. The Balaban J connectivity index is 1.85. The van der Waals surface area contributed by atoms with Gasteiger partial charge in [0.15, 0.2) is 0 Å². The van der Waals surface area contributed by atoms with Crippen molar-refractivity contribution in [1.29, 1.82) is 0 Å². The van der Waals surface area contributed by atoms with Crippen LogP contribution in [-0.2, 0) is 11.2 Å². The minimum absolute atomic E-state index is 0.105. The Bertz CT molecular complexity index is 582. The van der Waals surface area contributed by atoms with Gasteiger partial charge in [-0.15, -0.1) is 11.3 Å². The first-order valence-corrected chi connectivity index (χ1v) is 7.85. The highest BCUT2D eigenvalue weighted by Crippen LogP contribution is 2.19. The molecule has 3 N–H and O–H groups in total. The lowest BCUT2D eigenvalue weighted by Gasteiger charge is -2.14. The highest BCUT2D eigenvalue weighted by atomic mass is 32.1. The van der Waals surface area contributed by atoms with Gasteiger partial charge in [0.05, 0.1) is 22.4 Å². The summed E-state index contributed by atoms with van der Waals surface area (Å²) in [6.07, 6.45) is 2.45. The molecule has 21 heavy (non-hydrogen) atoms. The zero-order valence-electron chi connectivity index (χ0n) is 12.2. The van der Waals surface area contributed by atoms with E-state index in [0.717, 1.165) is 16.4 Å². The monoisotopic (exact) mass is 304 g/mol. The van der Waals surface area contributed by atoms with Crippen molar-refractivity contribution in [3.8, 4) is 11.4 Å². The smallest absolute Gasteiger partial charge is 0.237 e. The van der Waals surface area contributed by atoms with Crippen LogP contribution >= 0.6 is 11.3 Å². The van der Waals surface area contributed by atoms with Crippen molar-refractivity contribution >= 4 is 17.2 Å². The number of nitrogens with one attached hydrogen (secondary N) is 1. The summed E-state index contributed by atoms with van der Waals surface area (Å²) in [5.74, 6) is 0.0344. The maximum Gasteiger partial charge on any atom is 0.237 e. The van der Waals surface area contributed by atoms with E-state index in [-0.39, 0.29) is 11.8 Å². The SMILES string of the molecule is CC(C)[C@H](N)C(=O)NCCc1nc(-c2ccccn2)cs1. The van der Waals surface area contributed by atoms with Crippen molar-refractivity contribution < 1.29 is 4.79 Å². The summed E-state index contributed by atoms with van der Waals surface area (Å²) < 4.78 is 0. The van der Waals surface area contributed by atoms with Crippen molar-refractivity contribution in [2.45, 2.75) is 26.3 Å². The fraction of sp³-hybridized carbons (Fsp3) is 0.400. The van der Waals surface area contributed by atoms with Crippen molar-refractivity contribution in [1.82, 2.24) is 15.3 Å². The van der Waals surface area contributed by atoms with Crippen LogP contribution in [0.3, 0.4) is 0 Å². The number of nitrogens with zero attached hydrogens (tertiary/aromatic N) is 2. The van der Waals surface area contributed by atoms with E-state index in [1.807, 2.05) is 37.4 Å². The summed E-state index contributed by atoms with van der Waals surface area (Å²) >= 11 is 1.58. The van der Waals surface area contributed by atoms with Gasteiger partial charge in [0, 0.05) is 24.5 Å². The molecule has 112 valence electrons. The van der Waals surface area contributed by atoms with Crippen LogP contribution in [0, 0.1) is 5.92 Å². The molecular weight excluding hydrogens is 284 g/mol. The third-order valence-electron chi connectivity index (χ3n) is 3.14. The molecule has 1 amide bonds. The van der Waals surface area contributed by atoms with E-state index in [0.29, 0.717) is 13.0 Å². The van der Waals surface area contributed by atoms with Gasteiger partial charge in [-0.2, -0.15) is 0 Å². The average molecular weight is 304 g/mol. The third kappa shape index (κ3) is 4.34. The maximum absolute atomic E-state index is 11.7. The van der Waals surface area contributed by atoms with E-state index in [1.54, 1.807) is 17.5 Å². The second kappa shape index (κ2) is 7.28. The number of carbonyl (C=O) groups excluding carboxylic acids is 1. The van der Waals surface area contributed by atoms with Gasteiger partial charge >= 0.3 is 0 Å². The van der Waals surface area contributed by atoms with Gasteiger partial charge in [0.2, 0.25) is 5.91 Å². The molecule has 0 fully saturated rings. The molecular formula is C15H20N4OS. The standard InChI is InChI=1S/C15H20N4OS/c1-10(2)14(16)15(20)18-8-6-13-19-12(9-21-13)11-5-3-4-7-17-11/h3-5,7,9-10,14H,6,8,16H2,1-2H3,(H,18,20)/t14-/m0/s1. The number of rotatable bonds is 6. The molecule has 2 aromatic heterocycles. The molecule has 5 nitrogen and oxygen atoms in total. The first kappa shape index (κ1) is 15.6. The quantitative estimate of drug-likeness (QED) is 0.853. The van der Waals surface area contributed by atoms with Crippen LogP contribution in [0.25, 0.3) is 11.4 Å². The Kier molecular flexibility index (Phi) is 5.41. The average Bonchev–Trinajstić information content (AvgIpc) is 2.96. The van der Waals surface area contributed by atoms with Crippen LogP contribution < -0.4 is 11.1 Å². The molecule has 0 aromatic carbocycles.